The van der Waals surface area contributed by atoms with Gasteiger partial charge in [-0.15, -0.1) is 10.2 Å². The van der Waals surface area contributed by atoms with Crippen LogP contribution in [0.1, 0.15) is 0 Å². The van der Waals surface area contributed by atoms with Crippen molar-refractivity contribution in [2.75, 3.05) is 10.3 Å². The van der Waals surface area contributed by atoms with E-state index in [-0.39, 0.29) is 6.03 Å². The lowest BCUT2D eigenvalue weighted by Gasteiger charge is -2.30. The summed E-state index contributed by atoms with van der Waals surface area (Å²) in [5, 5.41) is 7.37. The molecule has 0 fully saturated rings. The highest BCUT2D eigenvalue weighted by Crippen LogP contribution is 2.47. The van der Waals surface area contributed by atoms with Gasteiger partial charge >= 0.3 is 6.03 Å². The second-order valence-corrected chi connectivity index (χ2v) is 5.74. The van der Waals surface area contributed by atoms with Crippen molar-refractivity contribution in [3.63, 3.8) is 0 Å². The van der Waals surface area contributed by atoms with Crippen molar-refractivity contribution in [3.05, 3.63) is 61.2 Å². The van der Waals surface area contributed by atoms with E-state index in [4.69, 9.17) is 0 Å². The molecule has 0 unspecified atom stereocenters. The van der Waals surface area contributed by atoms with E-state index in [1.54, 1.807) is 16.7 Å². The summed E-state index contributed by atoms with van der Waals surface area (Å²) >= 11 is 1.66. The third-order valence-corrected chi connectivity index (χ3v) is 4.41. The standard InChI is InChI=1S/C15H11N5OS/c21-15(18-19-9-16-17-10-19)20-11-5-1-3-7-13(11)22-14-8-4-2-6-12(14)20/h1-10H,(H,18,21). The molecule has 108 valence electrons. The fourth-order valence-electron chi connectivity index (χ4n) is 2.34. The van der Waals surface area contributed by atoms with Gasteiger partial charge in [0.05, 0.1) is 11.4 Å². The number of nitrogens with one attached hydrogen (secondary N) is 1. The van der Waals surface area contributed by atoms with Gasteiger partial charge in [-0.05, 0) is 24.3 Å². The Kier molecular flexibility index (Phi) is 3.05. The van der Waals surface area contributed by atoms with Crippen LogP contribution in [-0.4, -0.2) is 20.9 Å². The van der Waals surface area contributed by atoms with Crippen LogP contribution in [0.3, 0.4) is 0 Å². The van der Waals surface area contributed by atoms with E-state index >= 15 is 0 Å². The van der Waals surface area contributed by atoms with Crippen LogP contribution in [0.15, 0.2) is 71.0 Å². The number of aromatic nitrogens is 3. The van der Waals surface area contributed by atoms with Crippen molar-refractivity contribution in [2.45, 2.75) is 9.79 Å². The minimum atomic E-state index is -0.264. The number of carbonyl (C=O) groups excluding carboxylic acids is 1. The normalized spacial score (nSPS) is 12.5. The Bertz CT molecular complexity index is 788. The van der Waals surface area contributed by atoms with Gasteiger partial charge in [-0.25, -0.2) is 14.9 Å². The van der Waals surface area contributed by atoms with Crippen LogP contribution in [0.5, 0.6) is 0 Å². The number of para-hydroxylation sites is 2. The molecule has 0 aliphatic carbocycles. The summed E-state index contributed by atoms with van der Waals surface area (Å²) in [5.41, 5.74) is 4.46. The molecule has 0 saturated heterocycles. The van der Waals surface area contributed by atoms with E-state index in [1.165, 1.54) is 17.3 Å². The van der Waals surface area contributed by atoms with E-state index in [1.807, 2.05) is 48.5 Å². The molecule has 1 N–H and O–H groups in total. The first-order chi connectivity index (χ1) is 10.8. The zero-order valence-corrected chi connectivity index (χ0v) is 12.2. The Labute approximate surface area is 130 Å². The van der Waals surface area contributed by atoms with Crippen molar-refractivity contribution in [3.8, 4) is 0 Å². The van der Waals surface area contributed by atoms with Crippen LogP contribution in [-0.2, 0) is 0 Å². The summed E-state index contributed by atoms with van der Waals surface area (Å²) in [6, 6.07) is 15.4. The number of urea groups is 1. The van der Waals surface area contributed by atoms with Gasteiger partial charge in [-0.1, -0.05) is 36.0 Å². The number of fused-ring (bicyclic) bond motifs is 2. The minimum absolute atomic E-state index is 0.264. The molecule has 2 aromatic carbocycles. The smallest absolute Gasteiger partial charge is 0.259 e. The Morgan fingerprint density at radius 1 is 0.909 bits per heavy atom. The molecule has 4 rings (SSSR count). The molecule has 2 heterocycles. The molecule has 0 saturated carbocycles. The third-order valence-electron chi connectivity index (χ3n) is 3.28. The summed E-state index contributed by atoms with van der Waals surface area (Å²) in [5.74, 6) is 0. The topological polar surface area (TPSA) is 63.1 Å². The monoisotopic (exact) mass is 309 g/mol. The Hall–Kier alpha value is -2.80. The lowest BCUT2D eigenvalue weighted by atomic mass is 10.2. The van der Waals surface area contributed by atoms with Crippen LogP contribution in [0.2, 0.25) is 0 Å². The lowest BCUT2D eigenvalue weighted by molar-refractivity contribution is 0.256. The number of carbonyl (C=O) groups is 1. The van der Waals surface area contributed by atoms with Crippen LogP contribution in [0.4, 0.5) is 16.2 Å². The fourth-order valence-corrected chi connectivity index (χ4v) is 3.40. The predicted octanol–water partition coefficient (Wildman–Crippen LogP) is 3.24. The van der Waals surface area contributed by atoms with Crippen LogP contribution >= 0.6 is 11.8 Å². The van der Waals surface area contributed by atoms with E-state index in [0.29, 0.717) is 0 Å². The molecule has 1 aliphatic rings. The molecule has 6 nitrogen and oxygen atoms in total. The average molecular weight is 309 g/mol. The number of benzene rings is 2. The number of rotatable bonds is 1. The maximum Gasteiger partial charge on any atom is 0.345 e. The molecule has 2 amide bonds. The maximum atomic E-state index is 12.7. The Morgan fingerprint density at radius 3 is 2.05 bits per heavy atom. The molecule has 0 spiro atoms. The van der Waals surface area contributed by atoms with E-state index in [2.05, 4.69) is 15.6 Å². The van der Waals surface area contributed by atoms with Gasteiger partial charge in [0.1, 0.15) is 12.7 Å². The molecule has 22 heavy (non-hydrogen) atoms. The van der Waals surface area contributed by atoms with Crippen molar-refractivity contribution < 1.29 is 4.79 Å². The average Bonchev–Trinajstić information content (AvgIpc) is 3.05. The van der Waals surface area contributed by atoms with E-state index < -0.39 is 0 Å². The number of hydrogen-bond acceptors (Lipinski definition) is 4. The molecule has 1 aliphatic heterocycles. The molecule has 0 bridgehead atoms. The van der Waals surface area contributed by atoms with E-state index in [9.17, 15) is 4.79 Å². The highest BCUT2D eigenvalue weighted by Gasteiger charge is 2.27. The van der Waals surface area contributed by atoms with Gasteiger partial charge in [0.2, 0.25) is 0 Å². The van der Waals surface area contributed by atoms with Crippen molar-refractivity contribution in [1.82, 2.24) is 14.9 Å². The van der Waals surface area contributed by atoms with E-state index in [0.717, 1.165) is 21.2 Å². The van der Waals surface area contributed by atoms with Crippen molar-refractivity contribution in [2.24, 2.45) is 0 Å². The first-order valence-electron chi connectivity index (χ1n) is 6.64. The molecule has 0 atom stereocenters. The quantitative estimate of drug-likeness (QED) is 0.749. The maximum absolute atomic E-state index is 12.7. The molecule has 1 aromatic heterocycles. The van der Waals surface area contributed by atoms with Crippen molar-refractivity contribution in [1.29, 1.82) is 0 Å². The lowest BCUT2D eigenvalue weighted by Crippen LogP contribution is -2.36. The molecular weight excluding hydrogens is 298 g/mol. The molecule has 0 radical (unpaired) electrons. The Morgan fingerprint density at radius 2 is 1.45 bits per heavy atom. The van der Waals surface area contributed by atoms with Gasteiger partial charge in [-0.3, -0.25) is 4.90 Å². The zero-order chi connectivity index (χ0) is 14.9. The number of amides is 2. The van der Waals surface area contributed by atoms with Crippen LogP contribution < -0.4 is 10.3 Å². The van der Waals surface area contributed by atoms with Gasteiger partial charge in [0.15, 0.2) is 0 Å². The van der Waals surface area contributed by atoms with Gasteiger partial charge < -0.3 is 0 Å². The highest BCUT2D eigenvalue weighted by atomic mass is 32.2. The first-order valence-corrected chi connectivity index (χ1v) is 7.46. The largest absolute Gasteiger partial charge is 0.345 e. The molecule has 3 aromatic rings. The molecular formula is C15H11N5OS. The fraction of sp³-hybridized carbons (Fsp3) is 0. The van der Waals surface area contributed by atoms with Gasteiger partial charge in [0.25, 0.3) is 0 Å². The third kappa shape index (κ3) is 2.11. The molecule has 7 heteroatoms. The summed E-state index contributed by atoms with van der Waals surface area (Å²) < 4.78 is 1.43. The number of nitrogens with zero attached hydrogens (tertiary/aromatic N) is 4. The van der Waals surface area contributed by atoms with Gasteiger partial charge in [-0.2, -0.15) is 0 Å². The second-order valence-electron chi connectivity index (χ2n) is 4.66. The summed E-state index contributed by atoms with van der Waals surface area (Å²) in [4.78, 5) is 16.5. The zero-order valence-electron chi connectivity index (χ0n) is 11.4. The number of hydrogen-bond donors (Lipinski definition) is 1. The van der Waals surface area contributed by atoms with Gasteiger partial charge in [0, 0.05) is 9.79 Å². The number of anilines is 2. The van der Waals surface area contributed by atoms with Crippen LogP contribution in [0.25, 0.3) is 0 Å². The highest BCUT2D eigenvalue weighted by molar-refractivity contribution is 7.99. The second kappa shape index (κ2) is 5.19. The SMILES string of the molecule is O=C(Nn1cnnc1)N1c2ccccc2Sc2ccccc21. The predicted molar refractivity (Wildman–Crippen MR) is 83.9 cm³/mol. The Balaban J connectivity index is 1.79. The first kappa shape index (κ1) is 12.9. The van der Waals surface area contributed by atoms with Crippen molar-refractivity contribution >= 4 is 29.2 Å². The summed E-state index contributed by atoms with van der Waals surface area (Å²) in [6.07, 6.45) is 2.88. The van der Waals surface area contributed by atoms with Crippen LogP contribution in [0, 0.1) is 0 Å². The minimum Gasteiger partial charge on any atom is -0.259 e. The summed E-state index contributed by atoms with van der Waals surface area (Å²) in [6.45, 7) is 0. The summed E-state index contributed by atoms with van der Waals surface area (Å²) in [7, 11) is 0.